The topological polar surface area (TPSA) is 125 Å². The third-order valence-electron chi connectivity index (χ3n) is 7.99. The van der Waals surface area contributed by atoms with Crippen molar-refractivity contribution < 1.29 is 18.3 Å². The van der Waals surface area contributed by atoms with Gasteiger partial charge in [-0.25, -0.2) is 23.2 Å². The molecule has 2 heterocycles. The van der Waals surface area contributed by atoms with Crippen LogP contribution in [0, 0.1) is 0 Å². The summed E-state index contributed by atoms with van der Waals surface area (Å²) < 4.78 is 28.3. The average Bonchev–Trinajstić information content (AvgIpc) is 3.53. The maximum atomic E-state index is 12.9. The summed E-state index contributed by atoms with van der Waals surface area (Å²) in [5.41, 5.74) is 5.81. The minimum atomic E-state index is -3.87. The van der Waals surface area contributed by atoms with Crippen molar-refractivity contribution in [3.63, 3.8) is 0 Å². The van der Waals surface area contributed by atoms with Crippen molar-refractivity contribution in [2.45, 2.75) is 36.5 Å². The molecule has 42 heavy (non-hydrogen) atoms. The summed E-state index contributed by atoms with van der Waals surface area (Å²) in [5, 5.41) is 12.5. The second-order valence-corrected chi connectivity index (χ2v) is 12.5. The molecule has 0 bridgehead atoms. The van der Waals surface area contributed by atoms with E-state index in [4.69, 9.17) is 10.1 Å². The van der Waals surface area contributed by atoms with Crippen LogP contribution < -0.4 is 10.0 Å². The van der Waals surface area contributed by atoms with Crippen LogP contribution in [-0.2, 0) is 16.4 Å². The number of carboxylic acids is 1. The van der Waals surface area contributed by atoms with E-state index in [9.17, 15) is 13.2 Å². The number of nitrogens with zero attached hydrogens (tertiary/aromatic N) is 3. The van der Waals surface area contributed by atoms with Crippen LogP contribution in [-0.4, -0.2) is 60.5 Å². The number of likely N-dealkylation sites (tertiary alicyclic amines) is 1. The molecule has 0 spiro atoms. The lowest BCUT2D eigenvalue weighted by Crippen LogP contribution is -2.22. The molecule has 0 radical (unpaired) electrons. The highest BCUT2D eigenvalue weighted by Gasteiger charge is 2.27. The van der Waals surface area contributed by atoms with E-state index in [0.29, 0.717) is 11.6 Å². The Balaban J connectivity index is 1.16. The monoisotopic (exact) mass is 583 g/mol. The van der Waals surface area contributed by atoms with Gasteiger partial charge in [0.1, 0.15) is 0 Å². The Kier molecular flexibility index (Phi) is 7.90. The fourth-order valence-electron chi connectivity index (χ4n) is 5.80. The molecule has 2 aliphatic rings. The standard InChI is InChI=1S/C32H33N5O4S/c38-31(39)23-10-14-26(15-11-23)42(40,41)36-25-12-8-22(9-13-25)29-20-24-21-34-32(33-16-5-19-37-17-3-4-18-37)35-30(24)28-7-2-1-6-27(28)29/h1-2,6-15,21,29,36H,3-5,16-20H2,(H,38,39)(H,33,34,35). The van der Waals surface area contributed by atoms with E-state index in [-0.39, 0.29) is 16.4 Å². The number of benzene rings is 3. The molecule has 1 fully saturated rings. The lowest BCUT2D eigenvalue weighted by atomic mass is 9.78. The van der Waals surface area contributed by atoms with E-state index >= 15 is 0 Å². The first-order valence-electron chi connectivity index (χ1n) is 14.2. The molecule has 1 aromatic heterocycles. The summed E-state index contributed by atoms with van der Waals surface area (Å²) in [4.78, 5) is 23.1. The summed E-state index contributed by atoms with van der Waals surface area (Å²) in [6, 6.07) is 20.8. The predicted molar refractivity (Wildman–Crippen MR) is 162 cm³/mol. The van der Waals surface area contributed by atoms with E-state index in [2.05, 4.69) is 32.1 Å². The lowest BCUT2D eigenvalue weighted by Gasteiger charge is -2.27. The van der Waals surface area contributed by atoms with Gasteiger partial charge in [0, 0.05) is 29.9 Å². The smallest absolute Gasteiger partial charge is 0.335 e. The van der Waals surface area contributed by atoms with Gasteiger partial charge in [0.25, 0.3) is 10.0 Å². The normalized spacial score (nSPS) is 16.4. The molecule has 1 unspecified atom stereocenters. The summed E-state index contributed by atoms with van der Waals surface area (Å²) in [5.74, 6) is -0.384. The molecular weight excluding hydrogens is 550 g/mol. The Bertz CT molecular complexity index is 1690. The van der Waals surface area contributed by atoms with Crippen LogP contribution in [0.2, 0.25) is 0 Å². The summed E-state index contributed by atoms with van der Waals surface area (Å²) >= 11 is 0. The van der Waals surface area contributed by atoms with Crippen LogP contribution in [0.25, 0.3) is 11.3 Å². The number of hydrogen-bond acceptors (Lipinski definition) is 7. The van der Waals surface area contributed by atoms with E-state index in [1.165, 1.54) is 55.8 Å². The fourth-order valence-corrected chi connectivity index (χ4v) is 6.86. The Morgan fingerprint density at radius 3 is 2.45 bits per heavy atom. The molecule has 1 aliphatic heterocycles. The number of anilines is 2. The fraction of sp³-hybridized carbons (Fsp3) is 0.281. The molecule has 6 rings (SSSR count). The molecule has 3 aromatic carbocycles. The number of aromatic carboxylic acids is 1. The molecule has 1 aliphatic carbocycles. The van der Waals surface area contributed by atoms with Crippen molar-refractivity contribution in [3.05, 3.63) is 101 Å². The Labute approximate surface area is 245 Å². The molecule has 3 N–H and O–H groups in total. The zero-order chi connectivity index (χ0) is 29.1. The Hall–Kier alpha value is -4.28. The van der Waals surface area contributed by atoms with Crippen molar-refractivity contribution >= 4 is 27.6 Å². The number of fused-ring (bicyclic) bond motifs is 3. The van der Waals surface area contributed by atoms with Crippen molar-refractivity contribution in [3.8, 4) is 11.3 Å². The molecule has 10 heteroatoms. The van der Waals surface area contributed by atoms with E-state index in [1.54, 1.807) is 12.1 Å². The van der Waals surface area contributed by atoms with Gasteiger partial charge in [-0.2, -0.15) is 0 Å². The first kappa shape index (κ1) is 27.9. The van der Waals surface area contributed by atoms with Crippen molar-refractivity contribution in [2.75, 3.05) is 36.2 Å². The second-order valence-electron chi connectivity index (χ2n) is 10.8. The minimum absolute atomic E-state index is 0.00478. The van der Waals surface area contributed by atoms with Gasteiger partial charge in [-0.05, 0) is 98.4 Å². The van der Waals surface area contributed by atoms with Crippen LogP contribution in [0.4, 0.5) is 11.6 Å². The molecule has 216 valence electrons. The van der Waals surface area contributed by atoms with Crippen LogP contribution >= 0.6 is 0 Å². The van der Waals surface area contributed by atoms with Gasteiger partial charge < -0.3 is 15.3 Å². The first-order valence-corrected chi connectivity index (χ1v) is 15.7. The predicted octanol–water partition coefficient (Wildman–Crippen LogP) is 5.23. The number of carboxylic acid groups (broad SMARTS) is 1. The number of aromatic nitrogens is 2. The van der Waals surface area contributed by atoms with Gasteiger partial charge in [0.05, 0.1) is 16.2 Å². The average molecular weight is 584 g/mol. The molecule has 0 amide bonds. The van der Waals surface area contributed by atoms with Crippen molar-refractivity contribution in [2.24, 2.45) is 0 Å². The van der Waals surface area contributed by atoms with Gasteiger partial charge in [-0.3, -0.25) is 4.72 Å². The van der Waals surface area contributed by atoms with Crippen LogP contribution in [0.3, 0.4) is 0 Å². The minimum Gasteiger partial charge on any atom is -0.478 e. The van der Waals surface area contributed by atoms with Gasteiger partial charge >= 0.3 is 5.97 Å². The maximum absolute atomic E-state index is 12.9. The third-order valence-corrected chi connectivity index (χ3v) is 9.39. The zero-order valence-electron chi connectivity index (χ0n) is 23.2. The van der Waals surface area contributed by atoms with E-state index in [1.807, 2.05) is 30.5 Å². The number of carbonyl (C=O) groups is 1. The molecular formula is C32H33N5O4S. The second kappa shape index (κ2) is 11.9. The van der Waals surface area contributed by atoms with Gasteiger partial charge in [-0.1, -0.05) is 36.4 Å². The highest BCUT2D eigenvalue weighted by atomic mass is 32.2. The Morgan fingerprint density at radius 1 is 0.976 bits per heavy atom. The highest BCUT2D eigenvalue weighted by molar-refractivity contribution is 7.92. The van der Waals surface area contributed by atoms with Crippen molar-refractivity contribution in [1.29, 1.82) is 0 Å². The molecule has 4 aromatic rings. The lowest BCUT2D eigenvalue weighted by molar-refractivity contribution is 0.0696. The largest absolute Gasteiger partial charge is 0.478 e. The zero-order valence-corrected chi connectivity index (χ0v) is 24.0. The van der Waals surface area contributed by atoms with Crippen molar-refractivity contribution in [1.82, 2.24) is 14.9 Å². The number of rotatable bonds is 10. The molecule has 0 saturated carbocycles. The molecule has 9 nitrogen and oxygen atoms in total. The van der Waals surface area contributed by atoms with E-state index < -0.39 is 16.0 Å². The molecule has 1 atom stereocenters. The number of hydrogen-bond donors (Lipinski definition) is 3. The van der Waals surface area contributed by atoms with Crippen LogP contribution in [0.1, 0.15) is 52.2 Å². The summed E-state index contributed by atoms with van der Waals surface area (Å²) in [7, 11) is -3.87. The Morgan fingerprint density at radius 2 is 1.71 bits per heavy atom. The summed E-state index contributed by atoms with van der Waals surface area (Å²) in [6.07, 6.45) is 6.32. The summed E-state index contributed by atoms with van der Waals surface area (Å²) in [6.45, 7) is 4.35. The third kappa shape index (κ3) is 6.00. The van der Waals surface area contributed by atoms with Gasteiger partial charge in [0.15, 0.2) is 0 Å². The van der Waals surface area contributed by atoms with Crippen LogP contribution in [0.15, 0.2) is 83.9 Å². The SMILES string of the molecule is O=C(O)c1ccc(S(=O)(=O)Nc2ccc(C3Cc4cnc(NCCCN5CCCC5)nc4-c4ccccc43)cc2)cc1. The van der Waals surface area contributed by atoms with Gasteiger partial charge in [-0.15, -0.1) is 0 Å². The van der Waals surface area contributed by atoms with E-state index in [0.717, 1.165) is 48.3 Å². The molecule has 1 saturated heterocycles. The maximum Gasteiger partial charge on any atom is 0.335 e. The highest BCUT2D eigenvalue weighted by Crippen LogP contribution is 2.42. The number of sulfonamides is 1. The number of nitrogens with one attached hydrogen (secondary N) is 2. The van der Waals surface area contributed by atoms with Crippen LogP contribution in [0.5, 0.6) is 0 Å². The first-order chi connectivity index (χ1) is 20.4. The quantitative estimate of drug-likeness (QED) is 0.217. The van der Waals surface area contributed by atoms with Gasteiger partial charge in [0.2, 0.25) is 5.95 Å².